The Morgan fingerprint density at radius 1 is 1.30 bits per heavy atom. The highest BCUT2D eigenvalue weighted by Gasteiger charge is 2.14. The maximum Gasteiger partial charge on any atom is 0.223 e. The molecule has 0 radical (unpaired) electrons. The molecule has 20 heavy (non-hydrogen) atoms. The number of furan rings is 1. The van der Waals surface area contributed by atoms with Crippen molar-refractivity contribution in [2.45, 2.75) is 20.3 Å². The van der Waals surface area contributed by atoms with E-state index in [-0.39, 0.29) is 11.9 Å². The van der Waals surface area contributed by atoms with Crippen molar-refractivity contribution in [2.24, 2.45) is 27.2 Å². The number of hydrogen-bond donors (Lipinski definition) is 3. The average Bonchev–Trinajstić information content (AvgIpc) is 2.65. The van der Waals surface area contributed by atoms with Crippen LogP contribution in [0.4, 0.5) is 5.69 Å². The smallest absolute Gasteiger partial charge is 0.223 e. The first-order valence-electron chi connectivity index (χ1n) is 6.07. The quantitative estimate of drug-likeness (QED) is 0.581. The topological polar surface area (TPSA) is 116 Å². The van der Waals surface area contributed by atoms with Crippen LogP contribution in [-0.2, 0) is 6.42 Å². The summed E-state index contributed by atoms with van der Waals surface area (Å²) in [5, 5.41) is 1.45. The van der Waals surface area contributed by atoms with E-state index in [1.807, 2.05) is 19.9 Å². The Kier molecular flexibility index (Phi) is 3.85. The van der Waals surface area contributed by atoms with E-state index in [0.29, 0.717) is 16.3 Å². The summed E-state index contributed by atoms with van der Waals surface area (Å²) in [4.78, 5) is 7.82. The summed E-state index contributed by atoms with van der Waals surface area (Å²) in [6.07, 6.45) is 0.782. The van der Waals surface area contributed by atoms with Gasteiger partial charge >= 0.3 is 0 Å². The molecule has 1 aromatic carbocycles. The highest BCUT2D eigenvalue weighted by atomic mass is 35.5. The number of nitrogens with two attached hydrogens (primary N) is 3. The van der Waals surface area contributed by atoms with Crippen LogP contribution in [0.15, 0.2) is 26.5 Å². The lowest BCUT2D eigenvalue weighted by molar-refractivity contribution is 0.554. The Morgan fingerprint density at radius 3 is 2.60 bits per heavy atom. The Bertz CT molecular complexity index is 713. The molecule has 6 nitrogen and oxygen atoms in total. The van der Waals surface area contributed by atoms with Crippen LogP contribution in [0.3, 0.4) is 0 Å². The summed E-state index contributed by atoms with van der Waals surface area (Å²) in [6, 6.07) is 3.49. The van der Waals surface area contributed by atoms with Gasteiger partial charge in [-0.05, 0) is 24.6 Å². The third-order valence-electron chi connectivity index (χ3n) is 2.88. The lowest BCUT2D eigenvalue weighted by Crippen LogP contribution is -2.26. The Balaban J connectivity index is 2.67. The molecule has 6 N–H and O–H groups in total. The third-order valence-corrected chi connectivity index (χ3v) is 3.10. The summed E-state index contributed by atoms with van der Waals surface area (Å²) >= 11 is 6.10. The fraction of sp³-hybridized carbons (Fsp3) is 0.231. The summed E-state index contributed by atoms with van der Waals surface area (Å²) in [5.74, 6) is 0.675. The van der Waals surface area contributed by atoms with Gasteiger partial charge in [-0.25, -0.2) is 4.99 Å². The van der Waals surface area contributed by atoms with Gasteiger partial charge in [0.15, 0.2) is 11.5 Å². The molecule has 2 rings (SSSR count). The van der Waals surface area contributed by atoms with Crippen molar-refractivity contribution >= 4 is 40.2 Å². The molecular weight excluding hydrogens is 278 g/mol. The summed E-state index contributed by atoms with van der Waals surface area (Å²) in [7, 11) is 0. The number of aliphatic imine (C=N–C) groups is 2. The van der Waals surface area contributed by atoms with Crippen molar-refractivity contribution < 1.29 is 4.42 Å². The molecule has 0 saturated heterocycles. The van der Waals surface area contributed by atoms with E-state index >= 15 is 0 Å². The fourth-order valence-electron chi connectivity index (χ4n) is 2.02. The number of benzene rings is 1. The lowest BCUT2D eigenvalue weighted by atomic mass is 10.1. The van der Waals surface area contributed by atoms with Crippen molar-refractivity contribution in [3.63, 3.8) is 0 Å². The molecule has 0 spiro atoms. The van der Waals surface area contributed by atoms with Gasteiger partial charge in [0.05, 0.1) is 0 Å². The summed E-state index contributed by atoms with van der Waals surface area (Å²) < 4.78 is 5.81. The molecule has 0 fully saturated rings. The van der Waals surface area contributed by atoms with E-state index < -0.39 is 0 Å². The van der Waals surface area contributed by atoms with Gasteiger partial charge in [-0.3, -0.25) is 0 Å². The number of rotatable bonds is 2. The van der Waals surface area contributed by atoms with Crippen molar-refractivity contribution in [3.05, 3.63) is 28.5 Å². The maximum absolute atomic E-state index is 6.10. The average molecular weight is 294 g/mol. The molecule has 0 bridgehead atoms. The monoisotopic (exact) mass is 293 g/mol. The van der Waals surface area contributed by atoms with Gasteiger partial charge in [0.25, 0.3) is 0 Å². The van der Waals surface area contributed by atoms with Crippen LogP contribution in [0, 0.1) is 6.92 Å². The third kappa shape index (κ3) is 2.70. The second-order valence-corrected chi connectivity index (χ2v) is 4.75. The van der Waals surface area contributed by atoms with Crippen molar-refractivity contribution in [2.75, 3.05) is 0 Å². The zero-order valence-electron chi connectivity index (χ0n) is 11.3. The Hall–Kier alpha value is -2.21. The lowest BCUT2D eigenvalue weighted by Gasteiger charge is -1.99. The van der Waals surface area contributed by atoms with E-state index in [9.17, 15) is 0 Å². The number of aryl methyl sites for hydroxylation is 2. The van der Waals surface area contributed by atoms with Gasteiger partial charge in [0, 0.05) is 16.8 Å². The van der Waals surface area contributed by atoms with Crippen LogP contribution in [0.25, 0.3) is 11.0 Å². The van der Waals surface area contributed by atoms with Gasteiger partial charge < -0.3 is 21.6 Å². The highest BCUT2D eigenvalue weighted by molar-refractivity contribution is 6.31. The molecule has 2 aromatic rings. The predicted molar refractivity (Wildman–Crippen MR) is 82.4 cm³/mol. The second-order valence-electron chi connectivity index (χ2n) is 4.31. The fourth-order valence-corrected chi connectivity index (χ4v) is 2.23. The molecule has 0 unspecified atom stereocenters. The standard InChI is InChI=1S/C13H16ClN5O/c1-3-10-6(2)8-4-7(14)5-9(11(8)20-10)18-13(17)19-12(15)16/h4-5H,3H2,1-2H3,(H6,15,16,17,18,19). The zero-order valence-corrected chi connectivity index (χ0v) is 12.0. The molecule has 0 atom stereocenters. The molecule has 0 aliphatic heterocycles. The maximum atomic E-state index is 6.10. The van der Waals surface area contributed by atoms with Crippen LogP contribution < -0.4 is 17.2 Å². The van der Waals surface area contributed by atoms with Gasteiger partial charge in [-0.2, -0.15) is 4.99 Å². The SMILES string of the molecule is CCc1oc2c(N=C(N)N=C(N)N)cc(Cl)cc2c1C. The van der Waals surface area contributed by atoms with Crippen molar-refractivity contribution in [1.82, 2.24) is 0 Å². The molecule has 0 saturated carbocycles. The van der Waals surface area contributed by atoms with Gasteiger partial charge in [0.1, 0.15) is 11.4 Å². The van der Waals surface area contributed by atoms with Crippen LogP contribution in [0.2, 0.25) is 5.02 Å². The number of guanidine groups is 2. The van der Waals surface area contributed by atoms with Gasteiger partial charge in [-0.15, -0.1) is 0 Å². The molecular formula is C13H16ClN5O. The summed E-state index contributed by atoms with van der Waals surface area (Å²) in [6.45, 7) is 4.00. The van der Waals surface area contributed by atoms with Crippen LogP contribution in [0.1, 0.15) is 18.2 Å². The van der Waals surface area contributed by atoms with Crippen molar-refractivity contribution in [3.8, 4) is 0 Å². The number of halogens is 1. The molecule has 7 heteroatoms. The second kappa shape index (κ2) is 5.42. The Morgan fingerprint density at radius 2 is 2.00 bits per heavy atom. The zero-order chi connectivity index (χ0) is 14.9. The summed E-state index contributed by atoms with van der Waals surface area (Å²) in [5.41, 5.74) is 18.3. The first-order chi connectivity index (χ1) is 9.42. The van der Waals surface area contributed by atoms with E-state index in [1.165, 1.54) is 0 Å². The Labute approximate surface area is 121 Å². The van der Waals surface area contributed by atoms with Crippen molar-refractivity contribution in [1.29, 1.82) is 0 Å². The van der Waals surface area contributed by atoms with Crippen LogP contribution >= 0.6 is 11.6 Å². The van der Waals surface area contributed by atoms with E-state index in [1.54, 1.807) is 6.07 Å². The molecule has 106 valence electrons. The van der Waals surface area contributed by atoms with E-state index in [0.717, 1.165) is 23.1 Å². The number of nitrogens with zero attached hydrogens (tertiary/aromatic N) is 2. The highest BCUT2D eigenvalue weighted by Crippen LogP contribution is 2.35. The first kappa shape index (κ1) is 14.2. The van der Waals surface area contributed by atoms with Gasteiger partial charge in [-0.1, -0.05) is 18.5 Å². The minimum Gasteiger partial charge on any atom is -0.459 e. The molecule has 0 aliphatic carbocycles. The largest absolute Gasteiger partial charge is 0.459 e. The normalized spacial score (nSPS) is 11.8. The minimum absolute atomic E-state index is 0.0549. The number of hydrogen-bond acceptors (Lipinski definition) is 2. The minimum atomic E-state index is -0.158. The predicted octanol–water partition coefficient (Wildman–Crippen LogP) is 2.18. The van der Waals surface area contributed by atoms with Gasteiger partial charge in [0.2, 0.25) is 5.96 Å². The van der Waals surface area contributed by atoms with Crippen LogP contribution in [0.5, 0.6) is 0 Å². The van der Waals surface area contributed by atoms with Crippen LogP contribution in [-0.4, -0.2) is 11.9 Å². The molecule has 0 aliphatic rings. The molecule has 0 amide bonds. The molecule has 1 heterocycles. The first-order valence-corrected chi connectivity index (χ1v) is 6.45. The molecule has 1 aromatic heterocycles. The van der Waals surface area contributed by atoms with E-state index in [4.69, 9.17) is 33.2 Å². The number of fused-ring (bicyclic) bond motifs is 1. The van der Waals surface area contributed by atoms with E-state index in [2.05, 4.69) is 9.98 Å².